The van der Waals surface area contributed by atoms with E-state index < -0.39 is 5.60 Å². The number of carbonyl (C=O) groups excluding carboxylic acids is 1. The van der Waals surface area contributed by atoms with E-state index in [1.807, 2.05) is 32.9 Å². The summed E-state index contributed by atoms with van der Waals surface area (Å²) < 4.78 is 5.31. The predicted octanol–water partition coefficient (Wildman–Crippen LogP) is 4.90. The molecule has 1 aromatic carbocycles. The Hall–Kier alpha value is -1.42. The highest BCUT2D eigenvalue weighted by Gasteiger charge is 2.25. The summed E-state index contributed by atoms with van der Waals surface area (Å²) in [5.74, 6) is 0. The first-order valence-corrected chi connectivity index (χ1v) is 8.63. The molecule has 1 saturated carbocycles. The van der Waals surface area contributed by atoms with E-state index in [1.165, 1.54) is 5.56 Å². The monoisotopic (exact) mass is 338 g/mol. The molecule has 0 heterocycles. The van der Waals surface area contributed by atoms with E-state index in [2.05, 4.69) is 23.6 Å². The Morgan fingerprint density at radius 1 is 1.17 bits per heavy atom. The Bertz CT molecular complexity index is 546. The van der Waals surface area contributed by atoms with E-state index >= 15 is 0 Å². The molecule has 2 rings (SSSR count). The highest BCUT2D eigenvalue weighted by Crippen LogP contribution is 2.27. The molecule has 1 amide bonds. The average Bonchev–Trinajstić information content (AvgIpc) is 2.43. The number of hydrogen-bond acceptors (Lipinski definition) is 3. The van der Waals surface area contributed by atoms with E-state index in [1.54, 1.807) is 0 Å². The summed E-state index contributed by atoms with van der Waals surface area (Å²) in [4.78, 5) is 11.8. The van der Waals surface area contributed by atoms with Crippen LogP contribution >= 0.6 is 11.6 Å². The number of amides is 1. The molecule has 0 unspecified atom stereocenters. The molecule has 0 aliphatic heterocycles. The normalized spacial score (nSPS) is 21.6. The van der Waals surface area contributed by atoms with E-state index in [0.29, 0.717) is 6.04 Å². The van der Waals surface area contributed by atoms with Crippen molar-refractivity contribution in [2.24, 2.45) is 0 Å². The number of ether oxygens (including phenoxy) is 1. The Labute approximate surface area is 143 Å². The lowest BCUT2D eigenvalue weighted by molar-refractivity contribution is 0.0492. The van der Waals surface area contributed by atoms with Gasteiger partial charge in [-0.2, -0.15) is 0 Å². The Morgan fingerprint density at radius 3 is 2.39 bits per heavy atom. The number of alkyl carbamates (subject to hydrolysis) is 1. The van der Waals surface area contributed by atoms with Gasteiger partial charge in [-0.05, 0) is 71.1 Å². The summed E-state index contributed by atoms with van der Waals surface area (Å²) in [6, 6.07) is 6.60. The van der Waals surface area contributed by atoms with Crippen molar-refractivity contribution in [1.29, 1.82) is 0 Å². The van der Waals surface area contributed by atoms with Gasteiger partial charge in [0.2, 0.25) is 0 Å². The van der Waals surface area contributed by atoms with Crippen molar-refractivity contribution in [2.75, 3.05) is 5.32 Å². The van der Waals surface area contributed by atoms with Gasteiger partial charge >= 0.3 is 6.09 Å². The van der Waals surface area contributed by atoms with E-state index in [9.17, 15) is 4.79 Å². The maximum atomic E-state index is 11.8. The van der Waals surface area contributed by atoms with Gasteiger partial charge in [0.25, 0.3) is 0 Å². The largest absolute Gasteiger partial charge is 0.444 e. The van der Waals surface area contributed by atoms with Crippen molar-refractivity contribution in [3.8, 4) is 0 Å². The second kappa shape index (κ2) is 7.43. The molecule has 0 spiro atoms. The van der Waals surface area contributed by atoms with Gasteiger partial charge in [-0.1, -0.05) is 17.7 Å². The number of hydrogen-bond donors (Lipinski definition) is 2. The van der Waals surface area contributed by atoms with Gasteiger partial charge in [-0.15, -0.1) is 0 Å². The molecule has 1 aromatic rings. The minimum Gasteiger partial charge on any atom is -0.444 e. The molecule has 0 aromatic heterocycles. The van der Waals surface area contributed by atoms with Crippen molar-refractivity contribution in [3.05, 3.63) is 28.8 Å². The third kappa shape index (κ3) is 5.94. The Balaban J connectivity index is 1.80. The zero-order valence-electron chi connectivity index (χ0n) is 14.4. The quantitative estimate of drug-likeness (QED) is 0.824. The molecule has 128 valence electrons. The number of carbonyl (C=O) groups is 1. The maximum Gasteiger partial charge on any atom is 0.407 e. The van der Waals surface area contributed by atoms with Crippen LogP contribution in [0.2, 0.25) is 5.02 Å². The van der Waals surface area contributed by atoms with Crippen molar-refractivity contribution < 1.29 is 9.53 Å². The Morgan fingerprint density at radius 2 is 1.78 bits per heavy atom. The van der Waals surface area contributed by atoms with Crippen LogP contribution in [0.15, 0.2) is 18.2 Å². The molecule has 2 N–H and O–H groups in total. The number of halogens is 1. The predicted molar refractivity (Wildman–Crippen MR) is 95.2 cm³/mol. The van der Waals surface area contributed by atoms with Crippen LogP contribution in [0.5, 0.6) is 0 Å². The lowest BCUT2D eigenvalue weighted by Gasteiger charge is -2.31. The third-order valence-corrected chi connectivity index (χ3v) is 4.26. The van der Waals surface area contributed by atoms with Gasteiger partial charge in [0.1, 0.15) is 5.60 Å². The van der Waals surface area contributed by atoms with Gasteiger partial charge in [0, 0.05) is 12.1 Å². The lowest BCUT2D eigenvalue weighted by atomic mass is 9.91. The molecule has 1 fully saturated rings. The van der Waals surface area contributed by atoms with Crippen LogP contribution < -0.4 is 10.6 Å². The zero-order chi connectivity index (χ0) is 17.0. The number of nitrogens with one attached hydrogen (secondary N) is 2. The number of anilines is 1. The summed E-state index contributed by atoms with van der Waals surface area (Å²) in [6.45, 7) is 7.68. The van der Waals surface area contributed by atoms with Crippen LogP contribution in [0, 0.1) is 6.92 Å². The molecule has 0 atom stereocenters. The zero-order valence-corrected chi connectivity index (χ0v) is 15.2. The fourth-order valence-electron chi connectivity index (χ4n) is 2.83. The average molecular weight is 339 g/mol. The van der Waals surface area contributed by atoms with Gasteiger partial charge in [-0.3, -0.25) is 0 Å². The van der Waals surface area contributed by atoms with E-state index in [0.717, 1.165) is 36.4 Å². The Kier molecular flexibility index (Phi) is 5.79. The molecule has 0 radical (unpaired) electrons. The molecular formula is C18H27ClN2O2. The van der Waals surface area contributed by atoms with Crippen LogP contribution in [0.25, 0.3) is 0 Å². The van der Waals surface area contributed by atoms with Crippen molar-refractivity contribution in [2.45, 2.75) is 71.1 Å². The van der Waals surface area contributed by atoms with Crippen LogP contribution in [0.1, 0.15) is 52.0 Å². The topological polar surface area (TPSA) is 50.4 Å². The number of aryl methyl sites for hydroxylation is 1. The fourth-order valence-corrected chi connectivity index (χ4v) is 3.00. The van der Waals surface area contributed by atoms with Crippen molar-refractivity contribution >= 4 is 23.4 Å². The van der Waals surface area contributed by atoms with Crippen LogP contribution in [-0.2, 0) is 4.74 Å². The standard InChI is InChI=1S/C18H27ClN2O2/c1-12-5-10-15(19)16(11-12)20-13-6-8-14(9-7-13)21-17(22)23-18(2,3)4/h5,10-11,13-14,20H,6-9H2,1-4H3,(H,21,22). The molecular weight excluding hydrogens is 312 g/mol. The summed E-state index contributed by atoms with van der Waals surface area (Å²) >= 11 is 6.24. The highest BCUT2D eigenvalue weighted by atomic mass is 35.5. The number of rotatable bonds is 3. The summed E-state index contributed by atoms with van der Waals surface area (Å²) in [5.41, 5.74) is 1.73. The van der Waals surface area contributed by atoms with Crippen LogP contribution in [-0.4, -0.2) is 23.8 Å². The summed E-state index contributed by atoms with van der Waals surface area (Å²) in [7, 11) is 0. The second-order valence-corrected chi connectivity index (χ2v) is 7.73. The second-order valence-electron chi connectivity index (χ2n) is 7.32. The summed E-state index contributed by atoms with van der Waals surface area (Å²) in [6.07, 6.45) is 3.58. The molecule has 0 bridgehead atoms. The maximum absolute atomic E-state index is 11.8. The van der Waals surface area contributed by atoms with Crippen LogP contribution in [0.3, 0.4) is 0 Å². The van der Waals surface area contributed by atoms with Crippen molar-refractivity contribution in [1.82, 2.24) is 5.32 Å². The highest BCUT2D eigenvalue weighted by molar-refractivity contribution is 6.33. The molecule has 1 aliphatic carbocycles. The first kappa shape index (κ1) is 17.9. The molecule has 5 heteroatoms. The fraction of sp³-hybridized carbons (Fsp3) is 0.611. The SMILES string of the molecule is Cc1ccc(Cl)c(NC2CCC(NC(=O)OC(C)(C)C)CC2)c1. The molecule has 1 aliphatic rings. The summed E-state index contributed by atoms with van der Waals surface area (Å²) in [5, 5.41) is 7.25. The minimum absolute atomic E-state index is 0.191. The van der Waals surface area contributed by atoms with E-state index in [4.69, 9.17) is 16.3 Å². The van der Waals surface area contributed by atoms with Gasteiger partial charge in [0.05, 0.1) is 10.7 Å². The molecule has 23 heavy (non-hydrogen) atoms. The first-order chi connectivity index (χ1) is 10.7. The molecule has 0 saturated heterocycles. The number of benzene rings is 1. The lowest BCUT2D eigenvalue weighted by Crippen LogP contribution is -2.42. The minimum atomic E-state index is -0.454. The van der Waals surface area contributed by atoms with Gasteiger partial charge in [0.15, 0.2) is 0 Å². The third-order valence-electron chi connectivity index (χ3n) is 3.93. The van der Waals surface area contributed by atoms with Crippen LogP contribution in [0.4, 0.5) is 10.5 Å². The van der Waals surface area contributed by atoms with Gasteiger partial charge < -0.3 is 15.4 Å². The smallest absolute Gasteiger partial charge is 0.407 e. The van der Waals surface area contributed by atoms with E-state index in [-0.39, 0.29) is 12.1 Å². The molecule has 4 nitrogen and oxygen atoms in total. The first-order valence-electron chi connectivity index (χ1n) is 8.25. The van der Waals surface area contributed by atoms with Crippen molar-refractivity contribution in [3.63, 3.8) is 0 Å². The van der Waals surface area contributed by atoms with Gasteiger partial charge in [-0.25, -0.2) is 4.79 Å².